The van der Waals surface area contributed by atoms with Gasteiger partial charge in [-0.2, -0.15) is 0 Å². The second kappa shape index (κ2) is 2.06. The Morgan fingerprint density at radius 3 is 3.11 bits per heavy atom. The van der Waals surface area contributed by atoms with Crippen LogP contribution >= 0.6 is 0 Å². The fourth-order valence-corrected chi connectivity index (χ4v) is 0.585. The zero-order chi connectivity index (χ0) is 7.56. The predicted octanol–water partition coefficient (Wildman–Crippen LogP) is -0.656. The van der Waals surface area contributed by atoms with E-state index < -0.39 is 18.2 Å². The Labute approximate surface area is 52.9 Å². The molecule has 2 unspecified atom stereocenters. The third-order valence-electron chi connectivity index (χ3n) is 1.04. The Morgan fingerprint density at radius 2 is 2.67 bits per heavy atom. The van der Waals surface area contributed by atoms with E-state index in [1.54, 1.807) is 0 Å². The van der Waals surface area contributed by atoms with Crippen molar-refractivity contribution >= 4 is 5.97 Å². The first-order chi connectivity index (χ1) is 4.75. The minimum absolute atomic E-state index is 0.780. The van der Waals surface area contributed by atoms with Crippen LogP contribution in [0, 0.1) is 0 Å². The van der Waals surface area contributed by atoms with E-state index in [0.717, 1.165) is 0 Å². The van der Waals surface area contributed by atoms with Crippen molar-refractivity contribution in [2.24, 2.45) is 0 Å². The smallest absolute Gasteiger partial charge is 0.347 e. The summed E-state index contributed by atoms with van der Waals surface area (Å²) in [6.45, 7) is 0. The molecular formula is C5H6O4. The zero-order valence-corrected chi connectivity index (χ0v) is 4.48. The lowest BCUT2D eigenvalue weighted by molar-refractivity contribution is -0.149. The molecule has 0 bridgehead atoms. The molecule has 1 aliphatic heterocycles. The summed E-state index contributed by atoms with van der Waals surface area (Å²) in [7, 11) is 0. The van der Waals surface area contributed by atoms with Crippen LogP contribution in [0.2, 0.25) is 0 Å². The molecule has 0 spiro atoms. The first kappa shape index (κ1) is 4.81. The van der Waals surface area contributed by atoms with E-state index in [9.17, 15) is 4.79 Å². The van der Waals surface area contributed by atoms with Crippen LogP contribution in [-0.4, -0.2) is 29.8 Å². The Kier molecular flexibility index (Phi) is 1.10. The fraction of sp³-hybridized carbons (Fsp3) is 0.400. The van der Waals surface area contributed by atoms with Crippen molar-refractivity contribution in [3.8, 4) is 0 Å². The van der Waals surface area contributed by atoms with E-state index >= 15 is 0 Å². The molecule has 2 atom stereocenters. The summed E-state index contributed by atoms with van der Waals surface area (Å²) >= 11 is 0. The summed E-state index contributed by atoms with van der Waals surface area (Å²) in [4.78, 5) is 10.2. The molecule has 50 valence electrons. The number of aliphatic hydroxyl groups excluding tert-OH is 1. The largest absolute Gasteiger partial charge is 0.483 e. The van der Waals surface area contributed by atoms with Crippen molar-refractivity contribution in [2.45, 2.75) is 12.2 Å². The van der Waals surface area contributed by atoms with Crippen molar-refractivity contribution in [3.63, 3.8) is 0 Å². The van der Waals surface area contributed by atoms with Gasteiger partial charge in [-0.15, -0.1) is 0 Å². The van der Waals surface area contributed by atoms with Crippen molar-refractivity contribution in [3.05, 3.63) is 12.3 Å². The molecule has 0 aromatic carbocycles. The van der Waals surface area contributed by atoms with Gasteiger partial charge in [0.2, 0.25) is 7.54 Å². The molecule has 0 aliphatic carbocycles. The van der Waals surface area contributed by atoms with Crippen LogP contribution in [-0.2, 0) is 9.53 Å². The molecule has 0 radical (unpaired) electrons. The normalized spacial score (nSPS) is 33.6. The molecular weight excluding hydrogens is 124 g/mol. The molecule has 4 heteroatoms. The topological polar surface area (TPSA) is 66.8 Å². The van der Waals surface area contributed by atoms with Gasteiger partial charge < -0.3 is 15.0 Å². The Bertz CT molecular complexity index is 167. The van der Waals surface area contributed by atoms with E-state index in [1.807, 2.05) is 0 Å². The number of carboxylic acids is 1. The minimum Gasteiger partial charge on any atom is -0.483 e. The number of rotatable bonds is 2. The Hall–Kier alpha value is -1.03. The van der Waals surface area contributed by atoms with Crippen molar-refractivity contribution in [2.75, 3.05) is 0 Å². The molecule has 0 aromatic heterocycles. The summed E-state index contributed by atoms with van der Waals surface area (Å²) in [6.07, 6.45) is 0.763. The number of carbonyl (C=O) groups is 1. The van der Waals surface area contributed by atoms with Gasteiger partial charge in [0.05, 0.1) is 6.26 Å². The molecule has 0 aromatic rings. The highest BCUT2D eigenvalue weighted by molar-refractivity contribution is 5.74. The molecule has 0 amide bonds. The Morgan fingerprint density at radius 1 is 1.89 bits per heavy atom. The van der Waals surface area contributed by atoms with Gasteiger partial charge in [-0.1, -0.05) is 0 Å². The highest BCUT2D eigenvalue weighted by Gasteiger charge is 2.28. The summed E-state index contributed by atoms with van der Waals surface area (Å²) in [5.41, 5.74) is 0. The monoisotopic (exact) mass is 131 g/mol. The third kappa shape index (κ3) is 1.02. The average molecular weight is 131 g/mol. The van der Waals surface area contributed by atoms with Crippen LogP contribution in [0.4, 0.5) is 0 Å². The van der Waals surface area contributed by atoms with Crippen LogP contribution in [0.15, 0.2) is 12.3 Å². The van der Waals surface area contributed by atoms with Crippen molar-refractivity contribution in [1.29, 1.82) is 1.43 Å². The summed E-state index contributed by atoms with van der Waals surface area (Å²) in [5.74, 6) is -1.12. The minimum atomic E-state index is -1.12. The number of aliphatic hydroxyl groups is 1. The lowest BCUT2D eigenvalue weighted by Gasteiger charge is -2.06. The molecule has 0 saturated carbocycles. The maximum absolute atomic E-state index is 10.2. The Balaban J connectivity index is 2.56. The number of hydrogen-bond donors (Lipinski definition) is 2. The number of hydrogen-bond acceptors (Lipinski definition) is 3. The molecule has 2 N–H and O–H groups in total. The van der Waals surface area contributed by atoms with Crippen LogP contribution in [0.25, 0.3) is 0 Å². The zero-order valence-electron chi connectivity index (χ0n) is 5.48. The van der Waals surface area contributed by atoms with Gasteiger partial charge in [0.25, 0.3) is 0 Å². The van der Waals surface area contributed by atoms with Gasteiger partial charge in [0, 0.05) is 0 Å². The number of ether oxygens (including phenoxy) is 1. The van der Waals surface area contributed by atoms with Crippen LogP contribution in [0.1, 0.15) is 0 Å². The lowest BCUT2D eigenvalue weighted by atomic mass is 10.2. The lowest BCUT2D eigenvalue weighted by Crippen LogP contribution is -2.30. The van der Waals surface area contributed by atoms with E-state index in [0.29, 0.717) is 0 Å². The molecule has 0 fully saturated rings. The maximum atomic E-state index is 10.2. The van der Waals surface area contributed by atoms with E-state index in [1.165, 1.54) is 12.3 Å². The standard InChI is InChI=1S/C5H6O4/c6-3-1-2-9-4(3)5(7)8/h1-4,6H,(H,7,8)/i6D. The maximum Gasteiger partial charge on any atom is 0.347 e. The highest BCUT2D eigenvalue weighted by atomic mass is 16.5. The molecule has 1 heterocycles. The van der Waals surface area contributed by atoms with Gasteiger partial charge in [-0.3, -0.25) is 0 Å². The van der Waals surface area contributed by atoms with Crippen LogP contribution in [0.3, 0.4) is 0 Å². The van der Waals surface area contributed by atoms with Crippen molar-refractivity contribution in [1.82, 2.24) is 0 Å². The predicted molar refractivity (Wildman–Crippen MR) is 27.7 cm³/mol. The number of carboxylic acid groups (broad SMARTS) is 1. The fourth-order valence-electron chi connectivity index (χ4n) is 0.585. The molecule has 1 aliphatic rings. The highest BCUT2D eigenvalue weighted by Crippen LogP contribution is 2.09. The number of aliphatic carboxylic acids is 1. The van der Waals surface area contributed by atoms with Crippen LogP contribution < -0.4 is 0 Å². The third-order valence-corrected chi connectivity index (χ3v) is 1.04. The van der Waals surface area contributed by atoms with Gasteiger partial charge >= 0.3 is 5.97 Å². The van der Waals surface area contributed by atoms with Crippen molar-refractivity contribution < 1.29 is 19.7 Å². The van der Waals surface area contributed by atoms with E-state index in [4.69, 9.17) is 6.54 Å². The molecule has 4 nitrogen and oxygen atoms in total. The summed E-state index contributed by atoms with van der Waals surface area (Å²) < 4.78 is 11.0. The summed E-state index contributed by atoms with van der Waals surface area (Å²) in [6, 6.07) is 0. The molecule has 1 rings (SSSR count). The first-order valence-electron chi connectivity index (χ1n) is 2.83. The van der Waals surface area contributed by atoms with Crippen LogP contribution in [0.5, 0.6) is 0 Å². The second-order valence-electron chi connectivity index (χ2n) is 1.69. The first-order valence-corrected chi connectivity index (χ1v) is 2.42. The average Bonchev–Trinajstić information content (AvgIpc) is 2.33. The van der Waals surface area contributed by atoms with E-state index in [-0.39, 0.29) is 0 Å². The van der Waals surface area contributed by atoms with Gasteiger partial charge in [-0.25, -0.2) is 4.79 Å². The second-order valence-corrected chi connectivity index (χ2v) is 1.69. The van der Waals surface area contributed by atoms with E-state index in [2.05, 4.69) is 9.85 Å². The molecule has 0 saturated heterocycles. The van der Waals surface area contributed by atoms with Gasteiger partial charge in [-0.05, 0) is 6.08 Å². The van der Waals surface area contributed by atoms with Gasteiger partial charge in [0.1, 0.15) is 6.10 Å². The van der Waals surface area contributed by atoms with Gasteiger partial charge in [0.15, 0.2) is 0 Å². The molecule has 9 heavy (non-hydrogen) atoms. The SMILES string of the molecule is [2H]OC1C=COC1C(=O)O. The summed E-state index contributed by atoms with van der Waals surface area (Å²) in [5, 5.41) is 12.4. The quantitative estimate of drug-likeness (QED) is 0.522.